The van der Waals surface area contributed by atoms with Crippen LogP contribution in [-0.4, -0.2) is 45.9 Å². The first-order valence-corrected chi connectivity index (χ1v) is 8.11. The molecule has 1 aromatic heterocycles. The fraction of sp³-hybridized carbons (Fsp3) is 0.467. The Kier molecular flexibility index (Phi) is 6.56. The SMILES string of the molecule is Fc1cc(-c2nc(C(F)(F)C(F)(F)C(F)(F)C(F)(F)C(F)(F)C(F)(F)C(F)(F)F)no2)cc(F)c1F. The van der Waals surface area contributed by atoms with Crippen molar-refractivity contribution in [3.8, 4) is 11.5 Å². The summed E-state index contributed by atoms with van der Waals surface area (Å²) in [5.41, 5.74) is -1.25. The fourth-order valence-corrected chi connectivity index (χ4v) is 2.25. The van der Waals surface area contributed by atoms with Gasteiger partial charge in [0.15, 0.2) is 17.5 Å². The zero-order valence-electron chi connectivity index (χ0n) is 15.8. The quantitative estimate of drug-likeness (QED) is 0.267. The molecule has 0 N–H and O–H groups in total. The third-order valence-corrected chi connectivity index (χ3v) is 4.27. The van der Waals surface area contributed by atoms with Gasteiger partial charge in [-0.25, -0.2) is 13.2 Å². The smallest absolute Gasteiger partial charge is 0.334 e. The van der Waals surface area contributed by atoms with Crippen LogP contribution in [0.5, 0.6) is 0 Å². The molecule has 0 aliphatic rings. The average molecular weight is 568 g/mol. The van der Waals surface area contributed by atoms with Crippen LogP contribution in [0.4, 0.5) is 79.0 Å². The lowest BCUT2D eigenvalue weighted by Crippen LogP contribution is -2.72. The van der Waals surface area contributed by atoms with E-state index in [0.717, 1.165) is 0 Å². The van der Waals surface area contributed by atoms with Gasteiger partial charge in [-0.15, -0.1) is 0 Å². The molecule has 21 heteroatoms. The summed E-state index contributed by atoms with van der Waals surface area (Å²) >= 11 is 0. The van der Waals surface area contributed by atoms with Crippen LogP contribution in [0.25, 0.3) is 11.5 Å². The monoisotopic (exact) mass is 568 g/mol. The van der Waals surface area contributed by atoms with Crippen LogP contribution in [0.1, 0.15) is 5.82 Å². The Bertz CT molecular complexity index is 1110. The molecule has 0 unspecified atom stereocenters. The first kappa shape index (κ1) is 29.3. The van der Waals surface area contributed by atoms with Gasteiger partial charge in [-0.05, 0) is 12.1 Å². The van der Waals surface area contributed by atoms with E-state index >= 15 is 0 Å². The second-order valence-corrected chi connectivity index (χ2v) is 6.62. The van der Waals surface area contributed by atoms with E-state index in [4.69, 9.17) is 0 Å². The van der Waals surface area contributed by atoms with Crippen LogP contribution in [0.2, 0.25) is 0 Å². The Morgan fingerprint density at radius 1 is 0.556 bits per heavy atom. The summed E-state index contributed by atoms with van der Waals surface area (Å²) in [6.07, 6.45) is -7.75. The standard InChI is InChI=1S/C15H2F18N2O/c16-4-1-3(2-5(17)6(4)18)7-34-8(35-36-7)9(19,20)10(21,22)11(23,24)12(25,26)13(27,28)14(29,30)15(31,32)33/h1-2H. The number of nitrogens with zero attached hydrogens (tertiary/aromatic N) is 2. The molecule has 1 heterocycles. The Labute approximate surface area is 183 Å². The number of benzene rings is 1. The number of halogens is 18. The van der Waals surface area contributed by atoms with E-state index in [1.165, 1.54) is 0 Å². The van der Waals surface area contributed by atoms with E-state index in [9.17, 15) is 79.0 Å². The molecule has 0 saturated carbocycles. The van der Waals surface area contributed by atoms with Crippen molar-refractivity contribution in [1.82, 2.24) is 10.1 Å². The number of aromatic nitrogens is 2. The maximum absolute atomic E-state index is 14.0. The van der Waals surface area contributed by atoms with Gasteiger partial charge in [0.1, 0.15) is 0 Å². The van der Waals surface area contributed by atoms with Gasteiger partial charge in [0.2, 0.25) is 5.82 Å². The molecule has 204 valence electrons. The van der Waals surface area contributed by atoms with E-state index < -0.39 is 76.4 Å². The molecule has 0 atom stereocenters. The lowest BCUT2D eigenvalue weighted by molar-refractivity contribution is -0.454. The van der Waals surface area contributed by atoms with Gasteiger partial charge in [-0.2, -0.15) is 70.8 Å². The van der Waals surface area contributed by atoms with Crippen molar-refractivity contribution in [2.45, 2.75) is 41.7 Å². The number of hydrogen-bond acceptors (Lipinski definition) is 3. The molecule has 0 amide bonds. The molecule has 36 heavy (non-hydrogen) atoms. The van der Waals surface area contributed by atoms with E-state index in [2.05, 4.69) is 9.51 Å². The highest BCUT2D eigenvalue weighted by Gasteiger charge is 2.93. The van der Waals surface area contributed by atoms with E-state index in [1.54, 1.807) is 0 Å². The number of rotatable bonds is 7. The topological polar surface area (TPSA) is 38.9 Å². The summed E-state index contributed by atoms with van der Waals surface area (Å²) in [6, 6.07) is -0.233. The van der Waals surface area contributed by atoms with Gasteiger partial charge in [0.05, 0.1) is 0 Å². The molecule has 0 bridgehead atoms. The van der Waals surface area contributed by atoms with Crippen LogP contribution in [0.3, 0.4) is 0 Å². The Morgan fingerprint density at radius 2 is 0.944 bits per heavy atom. The minimum absolute atomic E-state index is 0.117. The molecule has 0 aliphatic heterocycles. The molecule has 0 fully saturated rings. The Balaban J connectivity index is 2.60. The van der Waals surface area contributed by atoms with Gasteiger partial charge in [-0.3, -0.25) is 0 Å². The van der Waals surface area contributed by atoms with Crippen LogP contribution in [-0.2, 0) is 5.92 Å². The normalized spacial score (nSPS) is 14.9. The summed E-state index contributed by atoms with van der Waals surface area (Å²) in [6.45, 7) is 0. The van der Waals surface area contributed by atoms with Gasteiger partial charge < -0.3 is 4.52 Å². The maximum Gasteiger partial charge on any atom is 0.460 e. The van der Waals surface area contributed by atoms with Crippen molar-refractivity contribution < 1.29 is 83.6 Å². The highest BCUT2D eigenvalue weighted by molar-refractivity contribution is 5.53. The predicted octanol–water partition coefficient (Wildman–Crippen LogP) is 6.98. The van der Waals surface area contributed by atoms with E-state index in [1.807, 2.05) is 5.16 Å². The fourth-order valence-electron chi connectivity index (χ4n) is 2.25. The van der Waals surface area contributed by atoms with Crippen molar-refractivity contribution in [1.29, 1.82) is 0 Å². The highest BCUT2D eigenvalue weighted by Crippen LogP contribution is 2.63. The summed E-state index contributed by atoms with van der Waals surface area (Å²) in [7, 11) is 0. The third-order valence-electron chi connectivity index (χ3n) is 4.27. The van der Waals surface area contributed by atoms with Crippen LogP contribution >= 0.6 is 0 Å². The summed E-state index contributed by atoms with van der Waals surface area (Å²) < 4.78 is 241. The third kappa shape index (κ3) is 3.80. The van der Waals surface area contributed by atoms with Crippen molar-refractivity contribution in [2.75, 3.05) is 0 Å². The van der Waals surface area contributed by atoms with Gasteiger partial charge in [0, 0.05) is 5.56 Å². The van der Waals surface area contributed by atoms with E-state index in [-0.39, 0.29) is 12.1 Å². The first-order valence-electron chi connectivity index (χ1n) is 8.11. The lowest BCUT2D eigenvalue weighted by Gasteiger charge is -2.40. The van der Waals surface area contributed by atoms with Crippen molar-refractivity contribution in [2.24, 2.45) is 0 Å². The first-order chi connectivity index (χ1) is 15.8. The molecule has 2 aromatic rings. The van der Waals surface area contributed by atoms with E-state index in [0.29, 0.717) is 0 Å². The Morgan fingerprint density at radius 3 is 1.36 bits per heavy atom. The Hall–Kier alpha value is -2.90. The highest BCUT2D eigenvalue weighted by atomic mass is 19.4. The maximum atomic E-state index is 14.0. The van der Waals surface area contributed by atoms with Crippen LogP contribution in [0.15, 0.2) is 16.7 Å². The van der Waals surface area contributed by atoms with Crippen molar-refractivity contribution >= 4 is 0 Å². The molecule has 3 nitrogen and oxygen atoms in total. The number of hydrogen-bond donors (Lipinski definition) is 0. The van der Waals surface area contributed by atoms with Crippen LogP contribution < -0.4 is 0 Å². The molecular weight excluding hydrogens is 566 g/mol. The minimum atomic E-state index is -8.53. The van der Waals surface area contributed by atoms with Crippen molar-refractivity contribution in [3.05, 3.63) is 35.4 Å². The summed E-state index contributed by atoms with van der Waals surface area (Å²) in [5, 5.41) is 1.91. The molecule has 1 aromatic carbocycles. The minimum Gasteiger partial charge on any atom is -0.334 e. The molecule has 0 radical (unpaired) electrons. The molecule has 2 rings (SSSR count). The molecule has 0 aliphatic carbocycles. The second-order valence-electron chi connectivity index (χ2n) is 6.62. The van der Waals surface area contributed by atoms with Gasteiger partial charge in [-0.1, -0.05) is 5.16 Å². The van der Waals surface area contributed by atoms with Gasteiger partial charge in [0.25, 0.3) is 5.89 Å². The number of alkyl halides is 15. The molecule has 0 spiro atoms. The predicted molar refractivity (Wildman–Crippen MR) is 74.3 cm³/mol. The lowest BCUT2D eigenvalue weighted by atomic mass is 9.91. The average Bonchev–Trinajstić information content (AvgIpc) is 3.21. The second kappa shape index (κ2) is 8.05. The summed E-state index contributed by atoms with van der Waals surface area (Å²) in [5.74, 6) is -59.7. The largest absolute Gasteiger partial charge is 0.460 e. The van der Waals surface area contributed by atoms with Crippen LogP contribution in [0, 0.1) is 17.5 Å². The zero-order chi connectivity index (χ0) is 28.5. The zero-order valence-corrected chi connectivity index (χ0v) is 15.8. The summed E-state index contributed by atoms with van der Waals surface area (Å²) in [4.78, 5) is 2.22. The molecule has 0 saturated heterocycles. The van der Waals surface area contributed by atoms with Gasteiger partial charge >= 0.3 is 41.7 Å². The molecular formula is C15H2F18N2O. The van der Waals surface area contributed by atoms with Crippen molar-refractivity contribution in [3.63, 3.8) is 0 Å².